The van der Waals surface area contributed by atoms with E-state index in [1.807, 2.05) is 32.0 Å². The molecule has 2 aromatic rings. The molecule has 8 heteroatoms. The zero-order chi connectivity index (χ0) is 24.5. The standard InChI is InChI=1S/C25H32Cl2N2O4/c1-6-16(2)28-25(31)17(3)29(15-19-9-10-20(26)14-21(19)27)24(30)12-8-18-7-11-22(32-4)23(13-18)33-5/h7,9-11,13-14,16-17H,6,8,12,15H2,1-5H3,(H,28,31)/t16-,17-/m0/s1. The lowest BCUT2D eigenvalue weighted by molar-refractivity contribution is -0.140. The van der Waals surface area contributed by atoms with Gasteiger partial charge in [-0.1, -0.05) is 42.3 Å². The Bertz CT molecular complexity index is 967. The van der Waals surface area contributed by atoms with Crippen LogP contribution in [-0.2, 0) is 22.6 Å². The minimum absolute atomic E-state index is 0.0165. The molecule has 2 atom stereocenters. The number of methoxy groups -OCH3 is 2. The van der Waals surface area contributed by atoms with Crippen molar-refractivity contribution in [2.24, 2.45) is 0 Å². The Morgan fingerprint density at radius 3 is 2.33 bits per heavy atom. The van der Waals surface area contributed by atoms with Crippen molar-refractivity contribution < 1.29 is 19.1 Å². The maximum Gasteiger partial charge on any atom is 0.242 e. The Kier molecular flexibility index (Phi) is 10.3. The minimum atomic E-state index is -0.663. The van der Waals surface area contributed by atoms with Crippen molar-refractivity contribution in [3.63, 3.8) is 0 Å². The molecule has 0 fully saturated rings. The van der Waals surface area contributed by atoms with Gasteiger partial charge in [0.1, 0.15) is 6.04 Å². The molecular formula is C25H32Cl2N2O4. The summed E-state index contributed by atoms with van der Waals surface area (Å²) in [6.45, 7) is 5.87. The molecule has 0 aliphatic carbocycles. The van der Waals surface area contributed by atoms with Gasteiger partial charge in [-0.3, -0.25) is 9.59 Å². The van der Waals surface area contributed by atoms with Crippen LogP contribution in [-0.4, -0.2) is 43.0 Å². The quantitative estimate of drug-likeness (QED) is 0.461. The average Bonchev–Trinajstić information content (AvgIpc) is 2.81. The largest absolute Gasteiger partial charge is 0.493 e. The maximum absolute atomic E-state index is 13.3. The van der Waals surface area contributed by atoms with Crippen LogP contribution in [0.3, 0.4) is 0 Å². The Labute approximate surface area is 206 Å². The normalized spacial score (nSPS) is 12.6. The summed E-state index contributed by atoms with van der Waals surface area (Å²) in [7, 11) is 3.15. The summed E-state index contributed by atoms with van der Waals surface area (Å²) in [5, 5.41) is 3.92. The van der Waals surface area contributed by atoms with Gasteiger partial charge in [-0.25, -0.2) is 0 Å². The van der Waals surface area contributed by atoms with Crippen LogP contribution >= 0.6 is 23.2 Å². The summed E-state index contributed by atoms with van der Waals surface area (Å²) in [5.74, 6) is 0.881. The van der Waals surface area contributed by atoms with Gasteiger partial charge in [0, 0.05) is 29.1 Å². The summed E-state index contributed by atoms with van der Waals surface area (Å²) >= 11 is 12.4. The Morgan fingerprint density at radius 2 is 1.73 bits per heavy atom. The molecular weight excluding hydrogens is 463 g/mol. The number of hydrogen-bond donors (Lipinski definition) is 1. The second kappa shape index (κ2) is 12.7. The molecule has 0 aromatic heterocycles. The molecule has 2 aromatic carbocycles. The van der Waals surface area contributed by atoms with Crippen LogP contribution in [0.15, 0.2) is 36.4 Å². The lowest BCUT2D eigenvalue weighted by atomic mass is 10.1. The van der Waals surface area contributed by atoms with Crippen LogP contribution < -0.4 is 14.8 Å². The average molecular weight is 495 g/mol. The SMILES string of the molecule is CC[C@H](C)NC(=O)[C@H](C)N(Cc1ccc(Cl)cc1Cl)C(=O)CCc1ccc(OC)c(OC)c1. The summed E-state index contributed by atoms with van der Waals surface area (Å²) < 4.78 is 10.6. The van der Waals surface area contributed by atoms with Crippen molar-refractivity contribution in [1.29, 1.82) is 0 Å². The highest BCUT2D eigenvalue weighted by atomic mass is 35.5. The minimum Gasteiger partial charge on any atom is -0.493 e. The fraction of sp³-hybridized carbons (Fsp3) is 0.440. The lowest BCUT2D eigenvalue weighted by Gasteiger charge is -2.30. The van der Waals surface area contributed by atoms with E-state index in [-0.39, 0.29) is 30.8 Å². The van der Waals surface area contributed by atoms with E-state index in [0.29, 0.717) is 28.0 Å². The molecule has 0 bridgehead atoms. The summed E-state index contributed by atoms with van der Waals surface area (Å²) in [6.07, 6.45) is 1.51. The Balaban J connectivity index is 2.22. The highest BCUT2D eigenvalue weighted by Crippen LogP contribution is 2.28. The second-order valence-corrected chi connectivity index (χ2v) is 8.78. The van der Waals surface area contributed by atoms with E-state index in [4.69, 9.17) is 32.7 Å². The van der Waals surface area contributed by atoms with Gasteiger partial charge in [-0.05, 0) is 62.1 Å². The van der Waals surface area contributed by atoms with E-state index in [0.717, 1.165) is 17.5 Å². The van der Waals surface area contributed by atoms with Crippen molar-refractivity contribution >= 4 is 35.0 Å². The van der Waals surface area contributed by atoms with Gasteiger partial charge in [-0.2, -0.15) is 0 Å². The molecule has 0 spiro atoms. The lowest BCUT2D eigenvalue weighted by Crippen LogP contribution is -2.49. The monoisotopic (exact) mass is 494 g/mol. The zero-order valence-corrected chi connectivity index (χ0v) is 21.3. The first-order valence-corrected chi connectivity index (χ1v) is 11.7. The van der Waals surface area contributed by atoms with Crippen LogP contribution in [0.1, 0.15) is 44.7 Å². The molecule has 0 aliphatic heterocycles. The number of nitrogens with one attached hydrogen (secondary N) is 1. The van der Waals surface area contributed by atoms with Gasteiger partial charge >= 0.3 is 0 Å². The second-order valence-electron chi connectivity index (χ2n) is 7.94. The van der Waals surface area contributed by atoms with E-state index in [1.54, 1.807) is 44.2 Å². The van der Waals surface area contributed by atoms with Gasteiger partial charge in [-0.15, -0.1) is 0 Å². The van der Waals surface area contributed by atoms with Gasteiger partial charge in [0.25, 0.3) is 0 Å². The van der Waals surface area contributed by atoms with E-state index in [2.05, 4.69) is 5.32 Å². The van der Waals surface area contributed by atoms with Crippen LogP contribution in [0.4, 0.5) is 0 Å². The number of halogens is 2. The number of ether oxygens (including phenoxy) is 2. The first-order chi connectivity index (χ1) is 15.7. The van der Waals surface area contributed by atoms with Crippen molar-refractivity contribution in [3.05, 3.63) is 57.6 Å². The predicted octanol–water partition coefficient (Wildman–Crippen LogP) is 5.28. The molecule has 1 N–H and O–H groups in total. The molecule has 0 heterocycles. The van der Waals surface area contributed by atoms with E-state index < -0.39 is 6.04 Å². The first-order valence-electron chi connectivity index (χ1n) is 10.9. The Hall–Kier alpha value is -2.44. The molecule has 180 valence electrons. The third kappa shape index (κ3) is 7.54. The highest BCUT2D eigenvalue weighted by molar-refractivity contribution is 6.35. The number of carbonyl (C=O) groups is 2. The van der Waals surface area contributed by atoms with Crippen molar-refractivity contribution in [2.75, 3.05) is 14.2 Å². The topological polar surface area (TPSA) is 67.9 Å². The highest BCUT2D eigenvalue weighted by Gasteiger charge is 2.27. The van der Waals surface area contributed by atoms with Gasteiger partial charge < -0.3 is 19.7 Å². The number of hydrogen-bond acceptors (Lipinski definition) is 4. The van der Waals surface area contributed by atoms with E-state index >= 15 is 0 Å². The van der Waals surface area contributed by atoms with E-state index in [9.17, 15) is 9.59 Å². The molecule has 0 unspecified atom stereocenters. The predicted molar refractivity (Wildman–Crippen MR) is 132 cm³/mol. The molecule has 0 radical (unpaired) electrons. The zero-order valence-electron chi connectivity index (χ0n) is 19.8. The van der Waals surface area contributed by atoms with Gasteiger partial charge in [0.05, 0.1) is 14.2 Å². The van der Waals surface area contributed by atoms with Crippen molar-refractivity contribution in [2.45, 2.75) is 58.7 Å². The van der Waals surface area contributed by atoms with Crippen LogP contribution in [0.25, 0.3) is 0 Å². The third-order valence-corrected chi connectivity index (χ3v) is 6.19. The fourth-order valence-corrected chi connectivity index (χ4v) is 3.78. The number of amides is 2. The van der Waals surface area contributed by atoms with Crippen molar-refractivity contribution in [3.8, 4) is 11.5 Å². The summed E-state index contributed by atoms with van der Waals surface area (Å²) in [6, 6.07) is 10.0. The van der Waals surface area contributed by atoms with Crippen LogP contribution in [0.5, 0.6) is 11.5 Å². The molecule has 0 saturated heterocycles. The van der Waals surface area contributed by atoms with Crippen LogP contribution in [0, 0.1) is 0 Å². The third-order valence-electron chi connectivity index (χ3n) is 5.60. The number of nitrogens with zero attached hydrogens (tertiary/aromatic N) is 1. The molecule has 2 rings (SSSR count). The fourth-order valence-electron chi connectivity index (χ4n) is 3.31. The molecule has 33 heavy (non-hydrogen) atoms. The molecule has 2 amide bonds. The van der Waals surface area contributed by atoms with E-state index in [1.165, 1.54) is 0 Å². The number of carbonyl (C=O) groups excluding carboxylic acids is 2. The summed E-state index contributed by atoms with van der Waals surface area (Å²) in [4.78, 5) is 27.7. The Morgan fingerprint density at radius 1 is 1.03 bits per heavy atom. The number of rotatable bonds is 11. The van der Waals surface area contributed by atoms with Crippen LogP contribution in [0.2, 0.25) is 10.0 Å². The smallest absolute Gasteiger partial charge is 0.242 e. The number of benzene rings is 2. The molecule has 0 aliphatic rings. The maximum atomic E-state index is 13.3. The molecule has 0 saturated carbocycles. The van der Waals surface area contributed by atoms with Gasteiger partial charge in [0.2, 0.25) is 11.8 Å². The molecule has 6 nitrogen and oxygen atoms in total. The first kappa shape index (κ1) is 26.8. The van der Waals surface area contributed by atoms with Crippen molar-refractivity contribution in [1.82, 2.24) is 10.2 Å². The van der Waals surface area contributed by atoms with Gasteiger partial charge in [0.15, 0.2) is 11.5 Å². The number of aryl methyl sites for hydroxylation is 1. The summed E-state index contributed by atoms with van der Waals surface area (Å²) in [5.41, 5.74) is 1.66.